The molecule has 534 valence electrons. The summed E-state index contributed by atoms with van der Waals surface area (Å²) >= 11 is 0. The molecule has 0 fully saturated rings. The van der Waals surface area contributed by atoms with E-state index in [1.807, 2.05) is 0 Å². The maximum absolute atomic E-state index is 12.8. The van der Waals surface area contributed by atoms with Gasteiger partial charge in [0.1, 0.15) is 6.61 Å². The third-order valence-electron chi connectivity index (χ3n) is 17.9. The lowest BCUT2D eigenvalue weighted by Crippen LogP contribution is -2.29. The van der Waals surface area contributed by atoms with Crippen LogP contribution in [-0.4, -0.2) is 49.3 Å². The molecule has 0 aromatic rings. The van der Waals surface area contributed by atoms with Gasteiger partial charge < -0.3 is 20.1 Å². The van der Waals surface area contributed by atoms with Crippen molar-refractivity contribution in [2.75, 3.05) is 26.4 Å². The van der Waals surface area contributed by atoms with Crippen LogP contribution in [0.15, 0.2) is 60.8 Å². The van der Waals surface area contributed by atoms with Gasteiger partial charge in [0.2, 0.25) is 0 Å². The van der Waals surface area contributed by atoms with E-state index < -0.39 is 26.5 Å². The molecule has 2 unspecified atom stereocenters. The normalized spacial score (nSPS) is 13.1. The number of carbonyl (C=O) groups excluding carboxylic acids is 2. The Morgan fingerprint density at radius 1 is 0.341 bits per heavy atom. The van der Waals surface area contributed by atoms with E-state index in [0.717, 1.165) is 64.2 Å². The van der Waals surface area contributed by atoms with Crippen molar-refractivity contribution in [3.63, 3.8) is 0 Å². The second kappa shape index (κ2) is 76.7. The highest BCUT2D eigenvalue weighted by atomic mass is 31.2. The molecule has 0 aromatic carbocycles. The third-order valence-corrected chi connectivity index (χ3v) is 18.9. The van der Waals surface area contributed by atoms with Gasteiger partial charge in [0.05, 0.1) is 13.2 Å². The van der Waals surface area contributed by atoms with Crippen LogP contribution < -0.4 is 5.73 Å². The molecular formula is C81H152NO8P. The topological polar surface area (TPSA) is 134 Å². The van der Waals surface area contributed by atoms with E-state index in [0.29, 0.717) is 6.42 Å². The zero-order valence-corrected chi connectivity index (χ0v) is 61.2. The molecule has 0 amide bonds. The molecule has 0 aliphatic carbocycles. The number of esters is 2. The Morgan fingerprint density at radius 3 is 0.901 bits per heavy atom. The lowest BCUT2D eigenvalue weighted by molar-refractivity contribution is -0.161. The van der Waals surface area contributed by atoms with Gasteiger partial charge in [0, 0.05) is 19.4 Å². The van der Waals surface area contributed by atoms with Gasteiger partial charge in [0.25, 0.3) is 0 Å². The van der Waals surface area contributed by atoms with Crippen LogP contribution in [0.3, 0.4) is 0 Å². The third kappa shape index (κ3) is 76.6. The van der Waals surface area contributed by atoms with Crippen molar-refractivity contribution in [3.05, 3.63) is 60.8 Å². The van der Waals surface area contributed by atoms with E-state index in [2.05, 4.69) is 74.6 Å². The molecule has 0 radical (unpaired) electrons. The summed E-state index contributed by atoms with van der Waals surface area (Å²) in [5, 5.41) is 0. The summed E-state index contributed by atoms with van der Waals surface area (Å²) in [6.07, 6.45) is 101. The first-order chi connectivity index (χ1) is 44.8. The van der Waals surface area contributed by atoms with Crippen molar-refractivity contribution in [3.8, 4) is 0 Å². The van der Waals surface area contributed by atoms with E-state index in [1.165, 1.54) is 315 Å². The fraction of sp³-hybridized carbons (Fsp3) is 0.852. The quantitative estimate of drug-likeness (QED) is 0.0264. The van der Waals surface area contributed by atoms with Crippen LogP contribution in [0.5, 0.6) is 0 Å². The summed E-state index contributed by atoms with van der Waals surface area (Å²) in [5.74, 6) is -0.804. The SMILES string of the molecule is CC/C=C\C/C=C\C/C=C\C/C=C\C/C=C\CCCCCCCCCCCCCCCCCCCCCC(=O)OC(COC(=O)CCCCCCCCCCCCCCCCCCCCCCCCCCCCCCCCCCCCC)COP(=O)(O)OCCN. The maximum Gasteiger partial charge on any atom is 0.472 e. The van der Waals surface area contributed by atoms with Gasteiger partial charge >= 0.3 is 19.8 Å². The number of unbranched alkanes of at least 4 members (excludes halogenated alkanes) is 53. The van der Waals surface area contributed by atoms with Crippen LogP contribution in [0.4, 0.5) is 0 Å². The van der Waals surface area contributed by atoms with Crippen LogP contribution >= 0.6 is 7.82 Å². The Balaban J connectivity index is 3.76. The molecule has 0 saturated heterocycles. The number of allylic oxidation sites excluding steroid dienone is 10. The highest BCUT2D eigenvalue weighted by Gasteiger charge is 2.26. The van der Waals surface area contributed by atoms with Crippen molar-refractivity contribution in [2.45, 2.75) is 418 Å². The summed E-state index contributed by atoms with van der Waals surface area (Å²) in [4.78, 5) is 35.5. The monoisotopic (exact) mass is 1300 g/mol. The van der Waals surface area contributed by atoms with Gasteiger partial charge in [-0.05, 0) is 57.8 Å². The number of carbonyl (C=O) groups is 2. The van der Waals surface area contributed by atoms with Gasteiger partial charge in [-0.3, -0.25) is 18.6 Å². The van der Waals surface area contributed by atoms with Crippen molar-refractivity contribution in [1.82, 2.24) is 0 Å². The Morgan fingerprint density at radius 2 is 0.604 bits per heavy atom. The van der Waals surface area contributed by atoms with Crippen molar-refractivity contribution in [1.29, 1.82) is 0 Å². The largest absolute Gasteiger partial charge is 0.472 e. The first-order valence-corrected chi connectivity index (χ1v) is 41.3. The lowest BCUT2D eigenvalue weighted by atomic mass is 10.0. The first-order valence-electron chi connectivity index (χ1n) is 39.8. The molecular weight excluding hydrogens is 1150 g/mol. The van der Waals surface area contributed by atoms with Gasteiger partial charge in [-0.25, -0.2) is 4.57 Å². The smallest absolute Gasteiger partial charge is 0.462 e. The summed E-state index contributed by atoms with van der Waals surface area (Å²) in [6.45, 7) is 3.71. The van der Waals surface area contributed by atoms with E-state index in [9.17, 15) is 19.0 Å². The minimum Gasteiger partial charge on any atom is -0.462 e. The van der Waals surface area contributed by atoms with Gasteiger partial charge in [-0.15, -0.1) is 0 Å². The molecule has 0 rings (SSSR count). The number of hydrogen-bond acceptors (Lipinski definition) is 8. The molecule has 91 heavy (non-hydrogen) atoms. The molecule has 3 N–H and O–H groups in total. The number of hydrogen-bond donors (Lipinski definition) is 2. The van der Waals surface area contributed by atoms with Gasteiger partial charge in [-0.1, -0.05) is 402 Å². The molecule has 0 aliphatic heterocycles. The number of phosphoric acid groups is 1. The van der Waals surface area contributed by atoms with Crippen LogP contribution in [0.25, 0.3) is 0 Å². The molecule has 0 aliphatic rings. The zero-order valence-electron chi connectivity index (χ0n) is 60.3. The Bertz CT molecular complexity index is 1680. The van der Waals surface area contributed by atoms with Crippen molar-refractivity contribution >= 4 is 19.8 Å². The van der Waals surface area contributed by atoms with E-state index >= 15 is 0 Å². The van der Waals surface area contributed by atoms with Crippen LogP contribution in [0, 0.1) is 0 Å². The number of phosphoric ester groups is 1. The fourth-order valence-electron chi connectivity index (χ4n) is 12.1. The van der Waals surface area contributed by atoms with E-state index in [4.69, 9.17) is 24.3 Å². The average molecular weight is 1300 g/mol. The summed E-state index contributed by atoms with van der Waals surface area (Å²) in [6, 6.07) is 0. The van der Waals surface area contributed by atoms with E-state index in [-0.39, 0.29) is 38.6 Å². The molecule has 0 saturated carbocycles. The average Bonchev–Trinajstić information content (AvgIpc) is 3.68. The fourth-order valence-corrected chi connectivity index (χ4v) is 12.8. The predicted octanol–water partition coefficient (Wildman–Crippen LogP) is 26.5. The molecule has 10 heteroatoms. The van der Waals surface area contributed by atoms with Gasteiger partial charge in [-0.2, -0.15) is 0 Å². The minimum absolute atomic E-state index is 0.0553. The Labute approximate surface area is 565 Å². The highest BCUT2D eigenvalue weighted by Crippen LogP contribution is 2.43. The van der Waals surface area contributed by atoms with Gasteiger partial charge in [0.15, 0.2) is 6.10 Å². The minimum atomic E-state index is -4.39. The second-order valence-electron chi connectivity index (χ2n) is 26.9. The summed E-state index contributed by atoms with van der Waals surface area (Å²) in [7, 11) is -4.39. The summed E-state index contributed by atoms with van der Waals surface area (Å²) < 4.78 is 33.3. The Kier molecular flexibility index (Phi) is 74.8. The first kappa shape index (κ1) is 88.7. The van der Waals surface area contributed by atoms with Crippen LogP contribution in [0.2, 0.25) is 0 Å². The van der Waals surface area contributed by atoms with Crippen molar-refractivity contribution in [2.24, 2.45) is 5.73 Å². The van der Waals surface area contributed by atoms with Crippen LogP contribution in [-0.2, 0) is 32.7 Å². The standard InChI is InChI=1S/C81H152NO8P/c1-3-5-7-9-11-13-15-17-19-21-23-25-27-29-31-33-35-37-39-41-43-45-47-49-51-53-55-57-59-61-63-65-67-69-71-73-80(83)87-77-79(78-89-91(85,86)88-76-75-82)90-81(84)74-72-70-68-66-64-62-60-58-56-54-52-50-48-46-44-42-40-38-36-34-32-30-28-26-24-22-20-18-16-14-12-10-8-6-4-2/h6,8,12,14,18,20,24,26,30,32,79H,3-5,7,9-11,13,15-17,19,21-23,25,27-29,31,33-78,82H2,1-2H3,(H,85,86)/b8-6-,14-12-,20-18-,26-24-,32-30-. The number of ether oxygens (including phenoxy) is 2. The zero-order chi connectivity index (χ0) is 65.8. The van der Waals surface area contributed by atoms with E-state index in [1.54, 1.807) is 0 Å². The summed E-state index contributed by atoms with van der Waals surface area (Å²) in [5.41, 5.74) is 5.42. The molecule has 2 atom stereocenters. The molecule has 0 spiro atoms. The highest BCUT2D eigenvalue weighted by molar-refractivity contribution is 7.47. The molecule has 0 aromatic heterocycles. The predicted molar refractivity (Wildman–Crippen MR) is 395 cm³/mol. The van der Waals surface area contributed by atoms with Crippen molar-refractivity contribution < 1.29 is 37.6 Å². The lowest BCUT2D eigenvalue weighted by Gasteiger charge is -2.19. The second-order valence-corrected chi connectivity index (χ2v) is 28.4. The molecule has 0 bridgehead atoms. The number of rotatable bonds is 76. The maximum atomic E-state index is 12.8. The number of nitrogens with two attached hydrogens (primary N) is 1. The molecule has 9 nitrogen and oxygen atoms in total. The Hall–Kier alpha value is -2.29. The van der Waals surface area contributed by atoms with Crippen LogP contribution in [0.1, 0.15) is 412 Å². The molecule has 0 heterocycles.